The monoisotopic (exact) mass is 318 g/mol. The maximum Gasteiger partial charge on any atom is 0.123 e. The van der Waals surface area contributed by atoms with E-state index >= 15 is 0 Å². The first kappa shape index (κ1) is 12.5. The van der Waals surface area contributed by atoms with E-state index in [0.29, 0.717) is 0 Å². The molecule has 0 aliphatic rings. The van der Waals surface area contributed by atoms with E-state index in [1.807, 2.05) is 21.2 Å². The van der Waals surface area contributed by atoms with Gasteiger partial charge in [-0.25, -0.2) is 4.39 Å². The van der Waals surface area contributed by atoms with Crippen LogP contribution in [-0.2, 0) is 0 Å². The summed E-state index contributed by atoms with van der Waals surface area (Å²) in [6.07, 6.45) is 0. The highest BCUT2D eigenvalue weighted by atomic mass is 127. The van der Waals surface area contributed by atoms with Crippen molar-refractivity contribution in [3.05, 3.63) is 30.1 Å². The van der Waals surface area contributed by atoms with Gasteiger partial charge < -0.3 is 0 Å². The number of rotatable bonds is 1. The standard InChI is InChI=1S/C6H6FNS.H2INS/c7-5-1-3-6(9-8)4-2-5;1-3-2/h1-4H,8H2;2H2. The van der Waals surface area contributed by atoms with Crippen LogP contribution in [-0.4, -0.2) is 0 Å². The van der Waals surface area contributed by atoms with Gasteiger partial charge >= 0.3 is 0 Å². The number of halogens is 2. The summed E-state index contributed by atoms with van der Waals surface area (Å²) in [6, 6.07) is 6.05. The quantitative estimate of drug-likeness (QED) is 0.617. The lowest BCUT2D eigenvalue weighted by atomic mass is 10.4. The van der Waals surface area contributed by atoms with Crippen LogP contribution in [0, 0.1) is 5.82 Å². The average molecular weight is 318 g/mol. The molecule has 2 nitrogen and oxygen atoms in total. The Morgan fingerprint density at radius 2 is 1.58 bits per heavy atom. The maximum absolute atomic E-state index is 12.2. The molecule has 0 spiro atoms. The van der Waals surface area contributed by atoms with Crippen LogP contribution < -0.4 is 10.3 Å². The van der Waals surface area contributed by atoms with Crippen molar-refractivity contribution < 1.29 is 4.39 Å². The third-order valence-electron chi connectivity index (χ3n) is 0.950. The first-order chi connectivity index (χ1) is 5.74. The second-order valence-corrected chi connectivity index (χ2v) is 4.07. The van der Waals surface area contributed by atoms with Crippen LogP contribution >= 0.6 is 42.3 Å². The Morgan fingerprint density at radius 3 is 1.92 bits per heavy atom. The fourth-order valence-electron chi connectivity index (χ4n) is 0.513. The molecule has 6 heteroatoms. The molecule has 1 rings (SSSR count). The second kappa shape index (κ2) is 8.11. The van der Waals surface area contributed by atoms with Gasteiger partial charge in [0, 0.05) is 26.1 Å². The van der Waals surface area contributed by atoms with Crippen molar-refractivity contribution in [1.82, 2.24) is 0 Å². The molecule has 1 aromatic rings. The molecule has 0 aromatic heterocycles. The highest BCUT2D eigenvalue weighted by Gasteiger charge is 1.88. The number of nitrogens with two attached hydrogens (primary N) is 2. The summed E-state index contributed by atoms with van der Waals surface area (Å²) in [4.78, 5) is 0.872. The Morgan fingerprint density at radius 1 is 1.17 bits per heavy atom. The first-order valence-electron chi connectivity index (χ1n) is 2.84. The zero-order valence-electron chi connectivity index (χ0n) is 6.04. The van der Waals surface area contributed by atoms with Gasteiger partial charge in [-0.1, -0.05) is 0 Å². The van der Waals surface area contributed by atoms with E-state index in [-0.39, 0.29) is 5.82 Å². The molecule has 0 fully saturated rings. The fourth-order valence-corrected chi connectivity index (χ4v) is 0.806. The van der Waals surface area contributed by atoms with Crippen molar-refractivity contribution in [3.8, 4) is 0 Å². The molecule has 0 bridgehead atoms. The molecule has 0 saturated heterocycles. The lowest BCUT2D eigenvalue weighted by Gasteiger charge is -1.91. The van der Waals surface area contributed by atoms with E-state index in [0.717, 1.165) is 16.8 Å². The largest absolute Gasteiger partial charge is 0.274 e. The molecule has 0 radical (unpaired) electrons. The second-order valence-electron chi connectivity index (χ2n) is 1.66. The molecule has 0 atom stereocenters. The summed E-state index contributed by atoms with van der Waals surface area (Å²) in [5.74, 6) is -0.229. The summed E-state index contributed by atoms with van der Waals surface area (Å²) in [5.41, 5.74) is 0. The summed E-state index contributed by atoms with van der Waals surface area (Å²) >= 11 is 3.09. The van der Waals surface area contributed by atoms with Gasteiger partial charge in [-0.05, 0) is 45.3 Å². The van der Waals surface area contributed by atoms with E-state index in [4.69, 9.17) is 10.3 Å². The maximum atomic E-state index is 12.2. The van der Waals surface area contributed by atoms with Crippen molar-refractivity contribution in [2.75, 3.05) is 0 Å². The Hall–Kier alpha value is 0.500. The summed E-state index contributed by atoms with van der Waals surface area (Å²) in [7, 11) is 1.22. The van der Waals surface area contributed by atoms with Gasteiger partial charge in [-0.15, -0.1) is 0 Å². The van der Waals surface area contributed by atoms with Crippen molar-refractivity contribution in [2.45, 2.75) is 4.90 Å². The van der Waals surface area contributed by atoms with Gasteiger partial charge in [0.2, 0.25) is 0 Å². The smallest absolute Gasteiger partial charge is 0.123 e. The van der Waals surface area contributed by atoms with Crippen molar-refractivity contribution >= 4 is 42.3 Å². The molecule has 1 aromatic carbocycles. The molecule has 0 aliphatic carbocycles. The van der Waals surface area contributed by atoms with E-state index in [1.54, 1.807) is 12.1 Å². The molecule has 0 heterocycles. The SMILES string of the molecule is NSI.NSc1ccc(F)cc1. The number of hydrogen-bond donors (Lipinski definition) is 2. The molecule has 0 unspecified atom stereocenters. The van der Waals surface area contributed by atoms with Crippen LogP contribution in [0.5, 0.6) is 0 Å². The first-order valence-corrected chi connectivity index (χ1v) is 7.14. The Balaban J connectivity index is 0.000000354. The van der Waals surface area contributed by atoms with Crippen LogP contribution in [0.1, 0.15) is 0 Å². The van der Waals surface area contributed by atoms with Gasteiger partial charge in [0.05, 0.1) is 0 Å². The lowest BCUT2D eigenvalue weighted by molar-refractivity contribution is 0.626. The van der Waals surface area contributed by atoms with Crippen molar-refractivity contribution in [1.29, 1.82) is 0 Å². The van der Waals surface area contributed by atoms with Gasteiger partial charge in [0.25, 0.3) is 0 Å². The zero-order valence-corrected chi connectivity index (χ0v) is 9.83. The number of benzene rings is 1. The van der Waals surface area contributed by atoms with Crippen molar-refractivity contribution in [3.63, 3.8) is 0 Å². The normalized spacial score (nSPS) is 8.67. The molecule has 68 valence electrons. The summed E-state index contributed by atoms with van der Waals surface area (Å²) < 4.78 is 12.2. The highest BCUT2D eigenvalue weighted by Crippen LogP contribution is 2.10. The third kappa shape index (κ3) is 6.06. The Bertz CT molecular complexity index is 207. The number of hydrogen-bond acceptors (Lipinski definition) is 4. The minimum absolute atomic E-state index is 0.229. The zero-order chi connectivity index (χ0) is 9.40. The topological polar surface area (TPSA) is 52.0 Å². The van der Waals surface area contributed by atoms with E-state index in [9.17, 15) is 4.39 Å². The molecule has 0 amide bonds. The molecule has 0 aliphatic heterocycles. The Kier molecular flexibility index (Phi) is 8.45. The lowest BCUT2D eigenvalue weighted by Crippen LogP contribution is -1.78. The predicted octanol–water partition coefficient (Wildman–Crippen LogP) is 2.73. The van der Waals surface area contributed by atoms with Crippen LogP contribution in [0.25, 0.3) is 0 Å². The van der Waals surface area contributed by atoms with Crippen LogP contribution in [0.2, 0.25) is 0 Å². The van der Waals surface area contributed by atoms with E-state index in [2.05, 4.69) is 0 Å². The molecular formula is C6H8FIN2S2. The minimum atomic E-state index is -0.229. The minimum Gasteiger partial charge on any atom is -0.274 e. The fraction of sp³-hybridized carbons (Fsp3) is 0. The molecular weight excluding hydrogens is 310 g/mol. The molecule has 12 heavy (non-hydrogen) atoms. The summed E-state index contributed by atoms with van der Waals surface area (Å²) in [5, 5.41) is 9.94. The van der Waals surface area contributed by atoms with E-state index < -0.39 is 0 Å². The molecule has 4 N–H and O–H groups in total. The van der Waals surface area contributed by atoms with Gasteiger partial charge in [-0.3, -0.25) is 10.3 Å². The van der Waals surface area contributed by atoms with Crippen LogP contribution in [0.15, 0.2) is 29.2 Å². The van der Waals surface area contributed by atoms with Gasteiger partial charge in [0.1, 0.15) is 5.82 Å². The van der Waals surface area contributed by atoms with Gasteiger partial charge in [0.15, 0.2) is 0 Å². The highest BCUT2D eigenvalue weighted by molar-refractivity contribution is 14.2. The molecule has 0 saturated carbocycles. The van der Waals surface area contributed by atoms with Crippen LogP contribution in [0.4, 0.5) is 4.39 Å². The van der Waals surface area contributed by atoms with E-state index in [1.165, 1.54) is 21.3 Å². The van der Waals surface area contributed by atoms with Gasteiger partial charge in [-0.2, -0.15) is 0 Å². The van der Waals surface area contributed by atoms with Crippen LogP contribution in [0.3, 0.4) is 0 Å². The predicted molar refractivity (Wildman–Crippen MR) is 62.2 cm³/mol. The average Bonchev–Trinajstić information content (AvgIpc) is 2.07. The van der Waals surface area contributed by atoms with Crippen molar-refractivity contribution in [2.24, 2.45) is 10.3 Å². The Labute approximate surface area is 91.5 Å². The summed E-state index contributed by atoms with van der Waals surface area (Å²) in [6.45, 7) is 0. The third-order valence-corrected chi connectivity index (χ3v) is 1.49.